The van der Waals surface area contributed by atoms with Crippen LogP contribution in [0.1, 0.15) is 25.5 Å². The van der Waals surface area contributed by atoms with Gasteiger partial charge in [-0.25, -0.2) is 4.98 Å². The molecule has 6 heteroatoms. The predicted octanol–water partition coefficient (Wildman–Crippen LogP) is 1.67. The largest absolute Gasteiger partial charge is 0.481 e. The number of thiazole rings is 1. The average Bonchev–Trinajstić information content (AvgIpc) is 3.07. The molecule has 2 rings (SSSR count). The second-order valence-corrected chi connectivity index (χ2v) is 5.36. The van der Waals surface area contributed by atoms with E-state index in [1.54, 1.807) is 5.38 Å². The molecule has 0 aliphatic heterocycles. The van der Waals surface area contributed by atoms with Crippen molar-refractivity contribution in [3.05, 3.63) is 11.1 Å². The molecular formula is C12H19N3O2S. The molecule has 0 amide bonds. The van der Waals surface area contributed by atoms with E-state index in [1.807, 2.05) is 0 Å². The summed E-state index contributed by atoms with van der Waals surface area (Å²) in [5, 5.41) is 14.5. The predicted molar refractivity (Wildman–Crippen MR) is 72.2 cm³/mol. The van der Waals surface area contributed by atoms with Crippen LogP contribution >= 0.6 is 11.3 Å². The molecule has 100 valence electrons. The zero-order valence-electron chi connectivity index (χ0n) is 10.6. The number of hydrogen-bond donors (Lipinski definition) is 2. The van der Waals surface area contributed by atoms with E-state index in [-0.39, 0.29) is 6.42 Å². The second kappa shape index (κ2) is 6.15. The van der Waals surface area contributed by atoms with Gasteiger partial charge in [-0.05, 0) is 19.4 Å². The summed E-state index contributed by atoms with van der Waals surface area (Å²) in [5.41, 5.74) is 0.629. The van der Waals surface area contributed by atoms with Gasteiger partial charge in [-0.2, -0.15) is 0 Å². The Morgan fingerprint density at radius 1 is 1.67 bits per heavy atom. The summed E-state index contributed by atoms with van der Waals surface area (Å²) in [5.74, 6) is -0.835. The van der Waals surface area contributed by atoms with Gasteiger partial charge in [-0.15, -0.1) is 11.3 Å². The van der Waals surface area contributed by atoms with Gasteiger partial charge in [-0.3, -0.25) is 9.69 Å². The van der Waals surface area contributed by atoms with Crippen LogP contribution in [0.3, 0.4) is 0 Å². The van der Waals surface area contributed by atoms with Crippen LogP contribution in [0.15, 0.2) is 5.38 Å². The Morgan fingerprint density at radius 2 is 2.44 bits per heavy atom. The molecule has 1 aromatic heterocycles. The van der Waals surface area contributed by atoms with E-state index in [2.05, 4.69) is 22.1 Å². The van der Waals surface area contributed by atoms with Gasteiger partial charge in [0.25, 0.3) is 0 Å². The maximum atomic E-state index is 10.5. The molecule has 1 aliphatic carbocycles. The summed E-state index contributed by atoms with van der Waals surface area (Å²) < 4.78 is 0. The van der Waals surface area contributed by atoms with Gasteiger partial charge in [0.2, 0.25) is 0 Å². The van der Waals surface area contributed by atoms with Crippen molar-refractivity contribution in [2.24, 2.45) is 0 Å². The minimum Gasteiger partial charge on any atom is -0.481 e. The number of carboxylic acid groups (broad SMARTS) is 1. The van der Waals surface area contributed by atoms with Gasteiger partial charge in [0.15, 0.2) is 5.13 Å². The van der Waals surface area contributed by atoms with Crippen LogP contribution < -0.4 is 5.32 Å². The number of nitrogens with one attached hydrogen (secondary N) is 1. The summed E-state index contributed by atoms with van der Waals surface area (Å²) in [6.45, 7) is 5.17. The molecule has 18 heavy (non-hydrogen) atoms. The highest BCUT2D eigenvalue weighted by Gasteiger charge is 2.27. The summed E-state index contributed by atoms with van der Waals surface area (Å²) in [6.07, 6.45) is 2.66. The lowest BCUT2D eigenvalue weighted by atomic mass is 10.3. The number of carbonyl (C=O) groups is 1. The van der Waals surface area contributed by atoms with Crippen molar-refractivity contribution in [1.29, 1.82) is 0 Å². The number of anilines is 1. The lowest BCUT2D eigenvalue weighted by molar-refractivity contribution is -0.136. The first kappa shape index (κ1) is 13.3. The fourth-order valence-corrected chi connectivity index (χ4v) is 2.71. The molecule has 1 aliphatic rings. The van der Waals surface area contributed by atoms with Crippen molar-refractivity contribution in [2.45, 2.75) is 32.2 Å². The van der Waals surface area contributed by atoms with Gasteiger partial charge >= 0.3 is 5.97 Å². The molecular weight excluding hydrogens is 250 g/mol. The fraction of sp³-hybridized carbons (Fsp3) is 0.667. The molecule has 0 aromatic carbocycles. The molecule has 5 nitrogen and oxygen atoms in total. The Kier molecular flexibility index (Phi) is 4.54. The first-order valence-corrected chi connectivity index (χ1v) is 7.21. The zero-order chi connectivity index (χ0) is 13.0. The van der Waals surface area contributed by atoms with Gasteiger partial charge in [0.1, 0.15) is 0 Å². The molecule has 2 N–H and O–H groups in total. The first-order chi connectivity index (χ1) is 8.69. The molecule has 1 heterocycles. The van der Waals surface area contributed by atoms with E-state index >= 15 is 0 Å². The number of nitrogens with zero attached hydrogens (tertiary/aromatic N) is 2. The Labute approximate surface area is 111 Å². The van der Waals surface area contributed by atoms with Gasteiger partial charge in [0, 0.05) is 24.5 Å². The summed E-state index contributed by atoms with van der Waals surface area (Å²) in [6, 6.07) is 0.788. The smallest absolute Gasteiger partial charge is 0.309 e. The number of carboxylic acids is 1. The van der Waals surface area contributed by atoms with E-state index in [4.69, 9.17) is 5.11 Å². The second-order valence-electron chi connectivity index (χ2n) is 4.50. The van der Waals surface area contributed by atoms with E-state index in [1.165, 1.54) is 24.2 Å². The normalized spacial score (nSPS) is 15.0. The van der Waals surface area contributed by atoms with Crippen molar-refractivity contribution in [1.82, 2.24) is 9.88 Å². The average molecular weight is 269 g/mol. The number of aromatic nitrogens is 1. The van der Waals surface area contributed by atoms with Crippen LogP contribution in [0.25, 0.3) is 0 Å². The number of likely N-dealkylation sites (N-methyl/N-ethyl adjacent to an activating group) is 1. The van der Waals surface area contributed by atoms with Crippen molar-refractivity contribution < 1.29 is 9.90 Å². The molecule has 0 bridgehead atoms. The van der Waals surface area contributed by atoms with E-state index in [0.717, 1.165) is 30.8 Å². The van der Waals surface area contributed by atoms with Gasteiger partial charge in [-0.1, -0.05) is 6.92 Å². The van der Waals surface area contributed by atoms with E-state index in [0.29, 0.717) is 5.69 Å². The van der Waals surface area contributed by atoms with Crippen molar-refractivity contribution in [3.63, 3.8) is 0 Å². The number of aliphatic carboxylic acids is 1. The first-order valence-electron chi connectivity index (χ1n) is 6.33. The van der Waals surface area contributed by atoms with Crippen LogP contribution in [-0.2, 0) is 11.2 Å². The SMILES string of the molecule is CCN(CCNc1nc(CC(=O)O)cs1)C1CC1. The molecule has 0 atom stereocenters. The van der Waals surface area contributed by atoms with Crippen LogP contribution in [0.5, 0.6) is 0 Å². The summed E-state index contributed by atoms with van der Waals surface area (Å²) in [4.78, 5) is 17.3. The highest BCUT2D eigenvalue weighted by atomic mass is 32.1. The Balaban J connectivity index is 1.72. The maximum Gasteiger partial charge on any atom is 0.309 e. The molecule has 1 aromatic rings. The van der Waals surface area contributed by atoms with Crippen LogP contribution in [0, 0.1) is 0 Å². The zero-order valence-corrected chi connectivity index (χ0v) is 11.4. The molecule has 0 saturated heterocycles. The Morgan fingerprint density at radius 3 is 3.06 bits per heavy atom. The topological polar surface area (TPSA) is 65.5 Å². The monoisotopic (exact) mass is 269 g/mol. The third-order valence-electron chi connectivity index (χ3n) is 3.03. The molecule has 0 radical (unpaired) electrons. The van der Waals surface area contributed by atoms with Gasteiger partial charge in [0.05, 0.1) is 12.1 Å². The lowest BCUT2D eigenvalue weighted by Gasteiger charge is -2.19. The standard InChI is InChI=1S/C12H19N3O2S/c1-2-15(10-3-4-10)6-5-13-12-14-9(8-18-12)7-11(16)17/h8,10H,2-7H2,1H3,(H,13,14)(H,16,17). The number of hydrogen-bond acceptors (Lipinski definition) is 5. The van der Waals surface area contributed by atoms with Gasteiger partial charge < -0.3 is 10.4 Å². The van der Waals surface area contributed by atoms with Crippen LogP contribution in [-0.4, -0.2) is 46.6 Å². The molecule has 0 unspecified atom stereocenters. The van der Waals surface area contributed by atoms with E-state index in [9.17, 15) is 4.79 Å². The highest BCUT2D eigenvalue weighted by molar-refractivity contribution is 7.13. The Bertz CT molecular complexity index is 404. The minimum atomic E-state index is -0.835. The van der Waals surface area contributed by atoms with Crippen molar-refractivity contribution in [3.8, 4) is 0 Å². The third-order valence-corrected chi connectivity index (χ3v) is 3.88. The minimum absolute atomic E-state index is 0.00133. The van der Waals surface area contributed by atoms with Crippen LogP contribution in [0.2, 0.25) is 0 Å². The fourth-order valence-electron chi connectivity index (χ4n) is 1.97. The summed E-state index contributed by atoms with van der Waals surface area (Å²) in [7, 11) is 0. The van der Waals surface area contributed by atoms with Crippen LogP contribution in [0.4, 0.5) is 5.13 Å². The maximum absolute atomic E-state index is 10.5. The Hall–Kier alpha value is -1.14. The summed E-state index contributed by atoms with van der Waals surface area (Å²) >= 11 is 1.47. The molecule has 1 saturated carbocycles. The quantitative estimate of drug-likeness (QED) is 0.751. The highest BCUT2D eigenvalue weighted by Crippen LogP contribution is 2.26. The van der Waals surface area contributed by atoms with Crippen molar-refractivity contribution in [2.75, 3.05) is 25.0 Å². The van der Waals surface area contributed by atoms with E-state index < -0.39 is 5.97 Å². The molecule has 0 spiro atoms. The third kappa shape index (κ3) is 3.96. The lowest BCUT2D eigenvalue weighted by Crippen LogP contribution is -2.30. The molecule has 1 fully saturated rings. The van der Waals surface area contributed by atoms with Crippen molar-refractivity contribution >= 4 is 22.4 Å². The number of rotatable bonds is 8.